The summed E-state index contributed by atoms with van der Waals surface area (Å²) in [5.74, 6) is 0.309. The van der Waals surface area contributed by atoms with Crippen LogP contribution in [0, 0.1) is 10.1 Å². The molecule has 19 heavy (non-hydrogen) atoms. The van der Waals surface area contributed by atoms with Crippen LogP contribution in [0.3, 0.4) is 0 Å². The first-order chi connectivity index (χ1) is 9.20. The third-order valence-electron chi connectivity index (χ3n) is 3.60. The molecule has 0 bridgehead atoms. The quantitative estimate of drug-likeness (QED) is 0.511. The van der Waals surface area contributed by atoms with Gasteiger partial charge in [0.05, 0.1) is 12.0 Å². The number of benzene rings is 1. The fourth-order valence-electron chi connectivity index (χ4n) is 2.58. The van der Waals surface area contributed by atoms with Crippen molar-refractivity contribution in [3.05, 3.63) is 28.3 Å². The molecule has 0 saturated heterocycles. The fraction of sp³-hybridized carbons (Fsp3) is 0.571. The van der Waals surface area contributed by atoms with Gasteiger partial charge in [-0.25, -0.2) is 0 Å². The monoisotopic (exact) mass is 264 g/mol. The zero-order valence-corrected chi connectivity index (χ0v) is 11.2. The lowest BCUT2D eigenvalue weighted by Gasteiger charge is -2.18. The predicted octanol–water partition coefficient (Wildman–Crippen LogP) is 3.74. The summed E-state index contributed by atoms with van der Waals surface area (Å²) in [6.45, 7) is 0. The van der Waals surface area contributed by atoms with Gasteiger partial charge in [-0.2, -0.15) is 0 Å². The van der Waals surface area contributed by atoms with Crippen molar-refractivity contribution in [3.63, 3.8) is 0 Å². The third-order valence-corrected chi connectivity index (χ3v) is 3.60. The van der Waals surface area contributed by atoms with Crippen molar-refractivity contribution in [1.29, 1.82) is 0 Å². The molecule has 1 fully saturated rings. The largest absolute Gasteiger partial charge is 0.490 e. The summed E-state index contributed by atoms with van der Waals surface area (Å²) >= 11 is 0. The van der Waals surface area contributed by atoms with Gasteiger partial charge in [0.2, 0.25) is 0 Å². The molecule has 5 heteroatoms. The van der Waals surface area contributed by atoms with Crippen LogP contribution in [0.25, 0.3) is 0 Å². The van der Waals surface area contributed by atoms with Crippen molar-refractivity contribution in [2.24, 2.45) is 0 Å². The van der Waals surface area contributed by atoms with E-state index < -0.39 is 4.92 Å². The second-order valence-electron chi connectivity index (χ2n) is 4.98. The lowest BCUT2D eigenvalue weighted by atomic mass is 10.1. The van der Waals surface area contributed by atoms with Crippen LogP contribution in [0.1, 0.15) is 38.5 Å². The molecule has 104 valence electrons. The van der Waals surface area contributed by atoms with E-state index >= 15 is 0 Å². The average molecular weight is 264 g/mol. The molecule has 1 aliphatic rings. The highest BCUT2D eigenvalue weighted by Crippen LogP contribution is 2.31. The minimum Gasteiger partial charge on any atom is -0.490 e. The lowest BCUT2D eigenvalue weighted by molar-refractivity contribution is -0.385. The first-order valence-corrected chi connectivity index (χ1v) is 6.79. The van der Waals surface area contributed by atoms with Crippen LogP contribution in [-0.4, -0.2) is 18.1 Å². The maximum absolute atomic E-state index is 10.8. The van der Waals surface area contributed by atoms with Crippen molar-refractivity contribution < 1.29 is 9.66 Å². The highest BCUT2D eigenvalue weighted by molar-refractivity contribution is 5.58. The Morgan fingerprint density at radius 3 is 2.53 bits per heavy atom. The Balaban J connectivity index is 2.09. The zero-order chi connectivity index (χ0) is 13.7. The number of hydrogen-bond acceptors (Lipinski definition) is 4. The predicted molar refractivity (Wildman–Crippen MR) is 74.8 cm³/mol. The summed E-state index contributed by atoms with van der Waals surface area (Å²) in [7, 11) is 1.46. The summed E-state index contributed by atoms with van der Waals surface area (Å²) in [6, 6.07) is 5.43. The second kappa shape index (κ2) is 6.41. The third kappa shape index (κ3) is 3.59. The highest BCUT2D eigenvalue weighted by atomic mass is 16.6. The molecule has 0 heterocycles. The Hall–Kier alpha value is -1.78. The summed E-state index contributed by atoms with van der Waals surface area (Å²) < 4.78 is 5.08. The van der Waals surface area contributed by atoms with Crippen molar-refractivity contribution in [3.8, 4) is 5.75 Å². The van der Waals surface area contributed by atoms with Crippen LogP contribution >= 0.6 is 0 Å². The van der Waals surface area contributed by atoms with E-state index in [1.165, 1.54) is 51.7 Å². The van der Waals surface area contributed by atoms with Gasteiger partial charge in [0.15, 0.2) is 5.75 Å². The molecule has 5 nitrogen and oxygen atoms in total. The molecule has 0 amide bonds. The van der Waals surface area contributed by atoms with Gasteiger partial charge in [-0.1, -0.05) is 25.7 Å². The summed E-state index contributed by atoms with van der Waals surface area (Å²) in [5, 5.41) is 14.3. The van der Waals surface area contributed by atoms with E-state index in [2.05, 4.69) is 5.32 Å². The van der Waals surface area contributed by atoms with E-state index in [9.17, 15) is 10.1 Å². The van der Waals surface area contributed by atoms with E-state index in [0.29, 0.717) is 11.8 Å². The lowest BCUT2D eigenvalue weighted by Crippen LogP contribution is -2.18. The Labute approximate surface area is 113 Å². The Morgan fingerprint density at radius 2 is 1.95 bits per heavy atom. The van der Waals surface area contributed by atoms with E-state index in [-0.39, 0.29) is 5.69 Å². The van der Waals surface area contributed by atoms with E-state index in [0.717, 1.165) is 5.69 Å². The summed E-state index contributed by atoms with van der Waals surface area (Å²) in [5.41, 5.74) is 0.906. The molecule has 0 atom stereocenters. The van der Waals surface area contributed by atoms with Gasteiger partial charge < -0.3 is 10.1 Å². The van der Waals surface area contributed by atoms with Gasteiger partial charge in [-0.15, -0.1) is 0 Å². The molecule has 1 saturated carbocycles. The van der Waals surface area contributed by atoms with Gasteiger partial charge in [-0.3, -0.25) is 10.1 Å². The second-order valence-corrected chi connectivity index (χ2v) is 4.98. The highest BCUT2D eigenvalue weighted by Gasteiger charge is 2.17. The number of methoxy groups -OCH3 is 1. The standard InChI is InChI=1S/C14H20N2O3/c1-19-14-10-12(8-9-13(14)16(17)18)15-11-6-4-2-3-5-7-11/h8-11,15H,2-7H2,1H3. The van der Waals surface area contributed by atoms with Crippen LogP contribution in [0.4, 0.5) is 11.4 Å². The smallest absolute Gasteiger partial charge is 0.311 e. The number of hydrogen-bond donors (Lipinski definition) is 1. The van der Waals surface area contributed by atoms with Gasteiger partial charge in [-0.05, 0) is 18.9 Å². The molecular weight excluding hydrogens is 244 g/mol. The zero-order valence-electron chi connectivity index (χ0n) is 11.2. The topological polar surface area (TPSA) is 64.4 Å². The van der Waals surface area contributed by atoms with Gasteiger partial charge in [0, 0.05) is 23.9 Å². The molecular formula is C14H20N2O3. The van der Waals surface area contributed by atoms with E-state index in [4.69, 9.17) is 4.74 Å². The van der Waals surface area contributed by atoms with Gasteiger partial charge in [0.1, 0.15) is 0 Å². The van der Waals surface area contributed by atoms with E-state index in [1.807, 2.05) is 0 Å². The van der Waals surface area contributed by atoms with Crippen LogP contribution in [0.2, 0.25) is 0 Å². The normalized spacial score (nSPS) is 16.7. The maximum Gasteiger partial charge on any atom is 0.311 e. The van der Waals surface area contributed by atoms with Crippen LogP contribution in [0.15, 0.2) is 18.2 Å². The Bertz CT molecular complexity index is 440. The number of nitro groups is 1. The van der Waals surface area contributed by atoms with Crippen molar-refractivity contribution in [1.82, 2.24) is 0 Å². The SMILES string of the molecule is COc1cc(NC2CCCCCC2)ccc1[N+](=O)[O-]. The number of nitrogens with zero attached hydrogens (tertiary/aromatic N) is 1. The van der Waals surface area contributed by atoms with Crippen molar-refractivity contribution in [2.75, 3.05) is 12.4 Å². The molecule has 0 aliphatic heterocycles. The molecule has 0 unspecified atom stereocenters. The fourth-order valence-corrected chi connectivity index (χ4v) is 2.58. The van der Waals surface area contributed by atoms with E-state index in [1.54, 1.807) is 12.1 Å². The number of nitro benzene ring substituents is 1. The van der Waals surface area contributed by atoms with Gasteiger partial charge in [0.25, 0.3) is 0 Å². The molecule has 0 spiro atoms. The molecule has 0 radical (unpaired) electrons. The average Bonchev–Trinajstić information content (AvgIpc) is 2.67. The minimum absolute atomic E-state index is 0.00826. The molecule has 1 N–H and O–H groups in total. The number of rotatable bonds is 4. The number of ether oxygens (including phenoxy) is 1. The Morgan fingerprint density at radius 1 is 1.26 bits per heavy atom. The molecule has 2 rings (SSSR count). The molecule has 1 aromatic rings. The first kappa shape index (κ1) is 13.6. The number of anilines is 1. The molecule has 1 aromatic carbocycles. The van der Waals surface area contributed by atoms with Crippen LogP contribution in [0.5, 0.6) is 5.75 Å². The van der Waals surface area contributed by atoms with Crippen LogP contribution < -0.4 is 10.1 Å². The van der Waals surface area contributed by atoms with Crippen molar-refractivity contribution in [2.45, 2.75) is 44.6 Å². The molecule has 0 aromatic heterocycles. The number of nitrogens with one attached hydrogen (secondary N) is 1. The van der Waals surface area contributed by atoms with Crippen LogP contribution in [-0.2, 0) is 0 Å². The first-order valence-electron chi connectivity index (χ1n) is 6.79. The van der Waals surface area contributed by atoms with Crippen molar-refractivity contribution >= 4 is 11.4 Å². The minimum atomic E-state index is -0.422. The van der Waals surface area contributed by atoms with Gasteiger partial charge >= 0.3 is 5.69 Å². The maximum atomic E-state index is 10.8. The Kier molecular flexibility index (Phi) is 4.60. The summed E-state index contributed by atoms with van der Waals surface area (Å²) in [4.78, 5) is 10.4. The summed E-state index contributed by atoms with van der Waals surface area (Å²) in [6.07, 6.45) is 7.45. The molecule has 1 aliphatic carbocycles.